The zero-order valence-corrected chi connectivity index (χ0v) is 11.8. The molecule has 2 aliphatic rings. The molecule has 0 saturated carbocycles. The normalized spacial score (nSPS) is 24.1. The molecule has 1 N–H and O–H groups in total. The van der Waals surface area contributed by atoms with Crippen molar-refractivity contribution in [3.63, 3.8) is 0 Å². The van der Waals surface area contributed by atoms with Gasteiger partial charge in [-0.25, -0.2) is 0 Å². The van der Waals surface area contributed by atoms with Crippen LogP contribution in [0, 0.1) is 0 Å². The van der Waals surface area contributed by atoms with Crippen LogP contribution in [0.5, 0.6) is 0 Å². The second kappa shape index (κ2) is 4.55. The number of para-hydroxylation sites is 1. The number of nitrogens with zero attached hydrogens (tertiary/aromatic N) is 1. The fraction of sp³-hybridized carbons (Fsp3) is 0.562. The lowest BCUT2D eigenvalue weighted by atomic mass is 9.96. The van der Waals surface area contributed by atoms with E-state index >= 15 is 0 Å². The van der Waals surface area contributed by atoms with Gasteiger partial charge in [0.15, 0.2) is 0 Å². The molecule has 0 aliphatic carbocycles. The highest BCUT2D eigenvalue weighted by Crippen LogP contribution is 2.35. The molecule has 1 amide bonds. The zero-order valence-electron chi connectivity index (χ0n) is 11.8. The Balaban J connectivity index is 1.72. The summed E-state index contributed by atoms with van der Waals surface area (Å²) in [5.74, 6) is 0.645. The Morgan fingerprint density at radius 2 is 2.21 bits per heavy atom. The van der Waals surface area contributed by atoms with Crippen molar-refractivity contribution in [1.82, 2.24) is 4.90 Å². The summed E-state index contributed by atoms with van der Waals surface area (Å²) in [6, 6.07) is 8.34. The number of hydrogen-bond donors (Lipinski definition) is 1. The number of amides is 1. The smallest absolute Gasteiger partial charge is 0.223 e. The number of nitrogens with one attached hydrogen (secondary N) is 1. The highest BCUT2D eigenvalue weighted by molar-refractivity contribution is 5.79. The molecule has 0 radical (unpaired) electrons. The van der Waals surface area contributed by atoms with Crippen LogP contribution in [-0.2, 0) is 4.79 Å². The first-order valence-corrected chi connectivity index (χ1v) is 7.21. The number of carbonyl (C=O) groups excluding carboxylic acids is 1. The van der Waals surface area contributed by atoms with Gasteiger partial charge in [-0.05, 0) is 38.3 Å². The molecule has 0 bridgehead atoms. The Labute approximate surface area is 115 Å². The standard InChI is InChI=1S/C16H22N2O/c1-16(2)8-5-9-18(16)15(19)10-12-11-17-14-7-4-3-6-13(12)14/h3-4,6-7,12,17H,5,8-11H2,1-2H3. The summed E-state index contributed by atoms with van der Waals surface area (Å²) < 4.78 is 0. The van der Waals surface area contributed by atoms with E-state index in [1.54, 1.807) is 0 Å². The van der Waals surface area contributed by atoms with Gasteiger partial charge in [-0.1, -0.05) is 18.2 Å². The monoisotopic (exact) mass is 258 g/mol. The summed E-state index contributed by atoms with van der Waals surface area (Å²) in [7, 11) is 0. The van der Waals surface area contributed by atoms with Crippen molar-refractivity contribution in [3.05, 3.63) is 29.8 Å². The Morgan fingerprint density at radius 3 is 2.95 bits per heavy atom. The Bertz CT molecular complexity index is 495. The van der Waals surface area contributed by atoms with E-state index < -0.39 is 0 Å². The average molecular weight is 258 g/mol. The van der Waals surface area contributed by atoms with Gasteiger partial charge in [0.2, 0.25) is 5.91 Å². The van der Waals surface area contributed by atoms with E-state index in [0.717, 1.165) is 25.9 Å². The fourth-order valence-electron chi connectivity index (χ4n) is 3.43. The highest BCUT2D eigenvalue weighted by Gasteiger charge is 2.36. The molecule has 1 aromatic rings. The summed E-state index contributed by atoms with van der Waals surface area (Å²) in [5, 5.41) is 3.40. The Kier molecular flexibility index (Phi) is 3.00. The Morgan fingerprint density at radius 1 is 1.42 bits per heavy atom. The van der Waals surface area contributed by atoms with Gasteiger partial charge in [0.05, 0.1) is 0 Å². The van der Waals surface area contributed by atoms with E-state index in [1.807, 2.05) is 6.07 Å². The van der Waals surface area contributed by atoms with E-state index in [2.05, 4.69) is 42.3 Å². The second-order valence-corrected chi connectivity index (χ2v) is 6.33. The third kappa shape index (κ3) is 2.22. The first-order chi connectivity index (χ1) is 9.08. The average Bonchev–Trinajstić information content (AvgIpc) is 2.93. The van der Waals surface area contributed by atoms with Gasteiger partial charge in [0, 0.05) is 36.7 Å². The van der Waals surface area contributed by atoms with Crippen LogP contribution in [0.3, 0.4) is 0 Å². The predicted molar refractivity (Wildman–Crippen MR) is 77.3 cm³/mol. The SMILES string of the molecule is CC1(C)CCCN1C(=O)CC1CNc2ccccc21. The lowest BCUT2D eigenvalue weighted by Crippen LogP contribution is -2.43. The van der Waals surface area contributed by atoms with Gasteiger partial charge < -0.3 is 10.2 Å². The second-order valence-electron chi connectivity index (χ2n) is 6.33. The number of benzene rings is 1. The zero-order chi connectivity index (χ0) is 13.5. The van der Waals surface area contributed by atoms with E-state index in [4.69, 9.17) is 0 Å². The minimum absolute atomic E-state index is 0.0443. The van der Waals surface area contributed by atoms with Crippen LogP contribution < -0.4 is 5.32 Å². The molecule has 2 aliphatic heterocycles. The molecule has 0 aromatic heterocycles. The molecule has 2 heterocycles. The summed E-state index contributed by atoms with van der Waals surface area (Å²) >= 11 is 0. The van der Waals surface area contributed by atoms with Crippen LogP contribution in [-0.4, -0.2) is 29.4 Å². The van der Waals surface area contributed by atoms with Gasteiger partial charge in [-0.15, -0.1) is 0 Å². The lowest BCUT2D eigenvalue weighted by Gasteiger charge is -2.32. The van der Waals surface area contributed by atoms with Crippen molar-refractivity contribution in [3.8, 4) is 0 Å². The number of likely N-dealkylation sites (tertiary alicyclic amines) is 1. The fourth-order valence-corrected chi connectivity index (χ4v) is 3.43. The molecular formula is C16H22N2O. The van der Waals surface area contributed by atoms with Crippen LogP contribution in [0.15, 0.2) is 24.3 Å². The number of carbonyl (C=O) groups is 1. The number of fused-ring (bicyclic) bond motifs is 1. The van der Waals surface area contributed by atoms with E-state index in [9.17, 15) is 4.79 Å². The van der Waals surface area contributed by atoms with Crippen molar-refractivity contribution in [1.29, 1.82) is 0 Å². The van der Waals surface area contributed by atoms with Gasteiger partial charge in [-0.2, -0.15) is 0 Å². The van der Waals surface area contributed by atoms with Crippen LogP contribution in [0.2, 0.25) is 0 Å². The molecule has 3 heteroatoms. The van der Waals surface area contributed by atoms with Crippen LogP contribution in [0.25, 0.3) is 0 Å². The summed E-state index contributed by atoms with van der Waals surface area (Å²) in [4.78, 5) is 14.6. The minimum Gasteiger partial charge on any atom is -0.384 e. The maximum atomic E-state index is 12.5. The van der Waals surface area contributed by atoms with Crippen molar-refractivity contribution >= 4 is 11.6 Å². The third-order valence-electron chi connectivity index (χ3n) is 4.56. The molecule has 0 spiro atoms. The van der Waals surface area contributed by atoms with Crippen molar-refractivity contribution in [2.45, 2.75) is 44.6 Å². The third-order valence-corrected chi connectivity index (χ3v) is 4.56. The van der Waals surface area contributed by atoms with Crippen molar-refractivity contribution in [2.24, 2.45) is 0 Å². The van der Waals surface area contributed by atoms with Crippen LogP contribution in [0.4, 0.5) is 5.69 Å². The molecule has 102 valence electrons. The summed E-state index contributed by atoms with van der Waals surface area (Å²) in [6.45, 7) is 6.17. The largest absolute Gasteiger partial charge is 0.384 e. The van der Waals surface area contributed by atoms with E-state index in [0.29, 0.717) is 18.2 Å². The molecule has 3 rings (SSSR count). The molecule has 1 saturated heterocycles. The number of anilines is 1. The summed E-state index contributed by atoms with van der Waals surface area (Å²) in [5.41, 5.74) is 2.54. The molecule has 1 aromatic carbocycles. The maximum absolute atomic E-state index is 12.5. The lowest BCUT2D eigenvalue weighted by molar-refractivity contribution is -0.134. The van der Waals surface area contributed by atoms with E-state index in [1.165, 1.54) is 11.3 Å². The van der Waals surface area contributed by atoms with E-state index in [-0.39, 0.29) is 5.54 Å². The minimum atomic E-state index is 0.0443. The van der Waals surface area contributed by atoms with Crippen molar-refractivity contribution < 1.29 is 4.79 Å². The molecule has 19 heavy (non-hydrogen) atoms. The maximum Gasteiger partial charge on any atom is 0.223 e. The van der Waals surface area contributed by atoms with Crippen LogP contribution >= 0.6 is 0 Å². The van der Waals surface area contributed by atoms with Gasteiger partial charge in [-0.3, -0.25) is 4.79 Å². The molecule has 1 unspecified atom stereocenters. The van der Waals surface area contributed by atoms with Gasteiger partial charge in [0.25, 0.3) is 0 Å². The van der Waals surface area contributed by atoms with Gasteiger partial charge in [0.1, 0.15) is 0 Å². The predicted octanol–water partition coefficient (Wildman–Crippen LogP) is 2.99. The summed E-state index contributed by atoms with van der Waals surface area (Å²) in [6.07, 6.45) is 2.89. The molecule has 3 nitrogen and oxygen atoms in total. The molecular weight excluding hydrogens is 236 g/mol. The first-order valence-electron chi connectivity index (χ1n) is 7.21. The number of rotatable bonds is 2. The first kappa shape index (κ1) is 12.5. The highest BCUT2D eigenvalue weighted by atomic mass is 16.2. The van der Waals surface area contributed by atoms with Crippen LogP contribution in [0.1, 0.15) is 44.6 Å². The molecule has 1 atom stereocenters. The Hall–Kier alpha value is -1.51. The quantitative estimate of drug-likeness (QED) is 0.884. The topological polar surface area (TPSA) is 32.3 Å². The molecule has 1 fully saturated rings. The van der Waals surface area contributed by atoms with Crippen molar-refractivity contribution in [2.75, 3.05) is 18.4 Å². The van der Waals surface area contributed by atoms with Gasteiger partial charge >= 0.3 is 0 Å². The number of hydrogen-bond acceptors (Lipinski definition) is 2.